The number of benzene rings is 2. The van der Waals surface area contributed by atoms with Crippen molar-refractivity contribution in [1.82, 2.24) is 15.1 Å². The van der Waals surface area contributed by atoms with Crippen LogP contribution in [0.25, 0.3) is 10.9 Å². The number of halogens is 1. The van der Waals surface area contributed by atoms with Crippen LogP contribution in [0.2, 0.25) is 0 Å². The summed E-state index contributed by atoms with van der Waals surface area (Å²) in [5.41, 5.74) is 1.78. The van der Waals surface area contributed by atoms with Crippen molar-refractivity contribution in [2.75, 3.05) is 0 Å². The highest BCUT2D eigenvalue weighted by Gasteiger charge is 2.07. The Morgan fingerprint density at radius 2 is 1.90 bits per heavy atom. The first kappa shape index (κ1) is 13.3. The molecule has 0 atom stereocenters. The number of carbonyl (C=O) groups excluding carboxylic acids is 1. The molecule has 0 saturated heterocycles. The summed E-state index contributed by atoms with van der Waals surface area (Å²) in [7, 11) is 0. The average molecular weight is 283 g/mol. The van der Waals surface area contributed by atoms with Crippen LogP contribution in [0.5, 0.6) is 0 Å². The van der Waals surface area contributed by atoms with Gasteiger partial charge in [-0.25, -0.2) is 4.39 Å². The highest BCUT2D eigenvalue weighted by molar-refractivity contribution is 5.81. The van der Waals surface area contributed by atoms with Gasteiger partial charge in [-0.2, -0.15) is 5.10 Å². The lowest BCUT2D eigenvalue weighted by molar-refractivity contribution is -0.121. The lowest BCUT2D eigenvalue weighted by Gasteiger charge is -2.06. The minimum absolute atomic E-state index is 0.131. The van der Waals surface area contributed by atoms with Crippen molar-refractivity contribution in [2.45, 2.75) is 13.1 Å². The molecule has 1 amide bonds. The number of para-hydroxylation sites is 1. The summed E-state index contributed by atoms with van der Waals surface area (Å²) in [6, 6.07) is 13.8. The van der Waals surface area contributed by atoms with E-state index in [1.165, 1.54) is 12.1 Å². The Bertz CT molecular complexity index is 765. The summed E-state index contributed by atoms with van der Waals surface area (Å²) in [6.45, 7) is 0.535. The fourth-order valence-electron chi connectivity index (χ4n) is 2.15. The topological polar surface area (TPSA) is 46.9 Å². The average Bonchev–Trinajstić information content (AvgIpc) is 2.90. The molecule has 106 valence electrons. The third-order valence-corrected chi connectivity index (χ3v) is 3.25. The maximum Gasteiger partial charge on any atom is 0.242 e. The first-order chi connectivity index (χ1) is 10.2. The molecule has 3 aromatic rings. The Hall–Kier alpha value is -2.69. The van der Waals surface area contributed by atoms with Gasteiger partial charge in [0.1, 0.15) is 12.4 Å². The van der Waals surface area contributed by atoms with Crippen LogP contribution in [-0.2, 0) is 17.9 Å². The van der Waals surface area contributed by atoms with E-state index in [-0.39, 0.29) is 18.3 Å². The molecule has 0 aliphatic heterocycles. The largest absolute Gasteiger partial charge is 0.350 e. The minimum Gasteiger partial charge on any atom is -0.350 e. The van der Waals surface area contributed by atoms with Crippen molar-refractivity contribution in [3.8, 4) is 0 Å². The van der Waals surface area contributed by atoms with E-state index >= 15 is 0 Å². The molecular weight excluding hydrogens is 269 g/mol. The summed E-state index contributed by atoms with van der Waals surface area (Å²) in [5, 5.41) is 8.01. The van der Waals surface area contributed by atoms with Crippen LogP contribution in [0.1, 0.15) is 5.56 Å². The molecule has 2 aromatic carbocycles. The number of aromatic nitrogens is 2. The van der Waals surface area contributed by atoms with Crippen molar-refractivity contribution in [2.24, 2.45) is 0 Å². The van der Waals surface area contributed by atoms with E-state index in [9.17, 15) is 9.18 Å². The molecule has 0 fully saturated rings. The number of hydrogen-bond donors (Lipinski definition) is 1. The lowest BCUT2D eigenvalue weighted by atomic mass is 10.2. The standard InChI is InChI=1S/C16H14FN3O/c17-14-7-5-12(6-8-14)9-18-16(21)11-20-15-4-2-1-3-13(15)10-19-20/h1-8,10H,9,11H2,(H,18,21). The number of nitrogens with one attached hydrogen (secondary N) is 1. The Labute approximate surface area is 121 Å². The van der Waals surface area contributed by atoms with Gasteiger partial charge in [0.2, 0.25) is 5.91 Å². The van der Waals surface area contributed by atoms with Crippen molar-refractivity contribution < 1.29 is 9.18 Å². The number of rotatable bonds is 4. The zero-order valence-corrected chi connectivity index (χ0v) is 11.3. The smallest absolute Gasteiger partial charge is 0.242 e. The molecule has 4 nitrogen and oxygen atoms in total. The second-order valence-electron chi connectivity index (χ2n) is 4.76. The van der Waals surface area contributed by atoms with Crippen molar-refractivity contribution in [3.05, 3.63) is 66.1 Å². The minimum atomic E-state index is -0.284. The molecule has 0 aliphatic rings. The molecule has 0 unspecified atom stereocenters. The molecule has 1 heterocycles. The van der Waals surface area contributed by atoms with Gasteiger partial charge in [-0.1, -0.05) is 30.3 Å². The van der Waals surface area contributed by atoms with Crippen molar-refractivity contribution >= 4 is 16.8 Å². The Kier molecular flexibility index (Phi) is 3.64. The normalized spacial score (nSPS) is 10.7. The maximum absolute atomic E-state index is 12.8. The quantitative estimate of drug-likeness (QED) is 0.799. The van der Waals surface area contributed by atoms with Crippen molar-refractivity contribution in [1.29, 1.82) is 0 Å². The van der Waals surface area contributed by atoms with Gasteiger partial charge in [0.25, 0.3) is 0 Å². The van der Waals surface area contributed by atoms with E-state index in [4.69, 9.17) is 0 Å². The summed E-state index contributed by atoms with van der Waals surface area (Å²) < 4.78 is 14.4. The molecule has 0 bridgehead atoms. The second-order valence-corrected chi connectivity index (χ2v) is 4.76. The molecule has 0 radical (unpaired) electrons. The van der Waals surface area contributed by atoms with Crippen LogP contribution in [0.4, 0.5) is 4.39 Å². The summed E-state index contributed by atoms with van der Waals surface area (Å²) in [4.78, 5) is 11.9. The molecular formula is C16H14FN3O. The summed E-state index contributed by atoms with van der Waals surface area (Å²) in [6.07, 6.45) is 1.74. The monoisotopic (exact) mass is 283 g/mol. The number of fused-ring (bicyclic) bond motifs is 1. The van der Waals surface area contributed by atoms with E-state index in [1.54, 1.807) is 23.0 Å². The molecule has 1 N–H and O–H groups in total. The number of hydrogen-bond acceptors (Lipinski definition) is 2. The molecule has 1 aromatic heterocycles. The summed E-state index contributed by atoms with van der Waals surface area (Å²) in [5.74, 6) is -0.415. The molecule has 21 heavy (non-hydrogen) atoms. The third-order valence-electron chi connectivity index (χ3n) is 3.25. The van der Waals surface area contributed by atoms with Crippen LogP contribution in [0.15, 0.2) is 54.7 Å². The van der Waals surface area contributed by atoms with Gasteiger partial charge in [-0.3, -0.25) is 9.48 Å². The van der Waals surface area contributed by atoms with E-state index < -0.39 is 0 Å². The molecule has 5 heteroatoms. The van der Waals surface area contributed by atoms with E-state index in [2.05, 4.69) is 10.4 Å². The van der Waals surface area contributed by atoms with Crippen LogP contribution in [0, 0.1) is 5.82 Å². The molecule has 0 saturated carbocycles. The van der Waals surface area contributed by atoms with Crippen LogP contribution >= 0.6 is 0 Å². The third kappa shape index (κ3) is 3.08. The SMILES string of the molecule is O=C(Cn1ncc2ccccc21)NCc1ccc(F)cc1. The van der Waals surface area contributed by atoms with Crippen LogP contribution in [-0.4, -0.2) is 15.7 Å². The first-order valence-electron chi connectivity index (χ1n) is 6.64. The molecule has 0 spiro atoms. The van der Waals surface area contributed by atoms with E-state index in [1.807, 2.05) is 24.3 Å². The zero-order chi connectivity index (χ0) is 14.7. The van der Waals surface area contributed by atoms with Gasteiger partial charge in [-0.15, -0.1) is 0 Å². The lowest BCUT2D eigenvalue weighted by Crippen LogP contribution is -2.27. The fraction of sp³-hybridized carbons (Fsp3) is 0.125. The fourth-order valence-corrected chi connectivity index (χ4v) is 2.15. The van der Waals surface area contributed by atoms with Gasteiger partial charge in [-0.05, 0) is 23.8 Å². The van der Waals surface area contributed by atoms with E-state index in [0.29, 0.717) is 6.54 Å². The highest BCUT2D eigenvalue weighted by atomic mass is 19.1. The predicted octanol–water partition coefficient (Wildman–Crippen LogP) is 2.49. The van der Waals surface area contributed by atoms with Crippen LogP contribution in [0.3, 0.4) is 0 Å². The van der Waals surface area contributed by atoms with Crippen molar-refractivity contribution in [3.63, 3.8) is 0 Å². The Balaban J connectivity index is 1.62. The van der Waals surface area contributed by atoms with Gasteiger partial charge >= 0.3 is 0 Å². The Morgan fingerprint density at radius 1 is 1.14 bits per heavy atom. The van der Waals surface area contributed by atoms with Gasteiger partial charge in [0.15, 0.2) is 0 Å². The Morgan fingerprint density at radius 3 is 2.71 bits per heavy atom. The second kappa shape index (κ2) is 5.75. The predicted molar refractivity (Wildman–Crippen MR) is 78.0 cm³/mol. The van der Waals surface area contributed by atoms with Gasteiger partial charge in [0.05, 0.1) is 11.7 Å². The first-order valence-corrected chi connectivity index (χ1v) is 6.64. The molecule has 3 rings (SSSR count). The van der Waals surface area contributed by atoms with Gasteiger partial charge < -0.3 is 5.32 Å². The zero-order valence-electron chi connectivity index (χ0n) is 11.3. The molecule has 0 aliphatic carbocycles. The number of carbonyl (C=O) groups is 1. The maximum atomic E-state index is 12.8. The number of amides is 1. The van der Waals surface area contributed by atoms with Gasteiger partial charge in [0, 0.05) is 11.9 Å². The highest BCUT2D eigenvalue weighted by Crippen LogP contribution is 2.12. The summed E-state index contributed by atoms with van der Waals surface area (Å²) >= 11 is 0. The number of nitrogens with zero attached hydrogens (tertiary/aromatic N) is 2. The van der Waals surface area contributed by atoms with E-state index in [0.717, 1.165) is 16.5 Å². The van der Waals surface area contributed by atoms with Crippen LogP contribution < -0.4 is 5.32 Å².